The zero-order valence-corrected chi connectivity index (χ0v) is 13.6. The van der Waals surface area contributed by atoms with Gasteiger partial charge in [0.15, 0.2) is 0 Å². The number of thioether (sulfide) groups is 1. The second kappa shape index (κ2) is 8.29. The van der Waals surface area contributed by atoms with Crippen molar-refractivity contribution >= 4 is 17.8 Å². The average molecular weight is 308 g/mol. The van der Waals surface area contributed by atoms with Gasteiger partial charge in [0.2, 0.25) is 0 Å². The number of ether oxygens (including phenoxy) is 1. The molecule has 0 unspecified atom stereocenters. The van der Waals surface area contributed by atoms with E-state index in [9.17, 15) is 4.79 Å². The zero-order chi connectivity index (χ0) is 15.1. The minimum absolute atomic E-state index is 0.0428. The Balaban J connectivity index is 1.78. The normalized spacial score (nSPS) is 18.3. The van der Waals surface area contributed by atoms with Gasteiger partial charge in [-0.2, -0.15) is 0 Å². The summed E-state index contributed by atoms with van der Waals surface area (Å²) in [5.74, 6) is 0. The van der Waals surface area contributed by atoms with E-state index in [0.29, 0.717) is 13.1 Å². The SMILES string of the molecule is CSc1cccc(CN(C)C(=O)NC[C@@H]2CCCCO2)c1. The van der Waals surface area contributed by atoms with E-state index >= 15 is 0 Å². The van der Waals surface area contributed by atoms with E-state index in [-0.39, 0.29) is 12.1 Å². The van der Waals surface area contributed by atoms with Crippen molar-refractivity contribution in [3.63, 3.8) is 0 Å². The number of hydrogen-bond acceptors (Lipinski definition) is 3. The summed E-state index contributed by atoms with van der Waals surface area (Å²) in [5.41, 5.74) is 1.15. The van der Waals surface area contributed by atoms with Crippen molar-refractivity contribution in [2.75, 3.05) is 26.5 Å². The summed E-state index contributed by atoms with van der Waals surface area (Å²) < 4.78 is 5.62. The summed E-state index contributed by atoms with van der Waals surface area (Å²) in [6.45, 7) is 2.04. The lowest BCUT2D eigenvalue weighted by Crippen LogP contribution is -2.41. The van der Waals surface area contributed by atoms with Crippen molar-refractivity contribution < 1.29 is 9.53 Å². The van der Waals surface area contributed by atoms with Crippen LogP contribution < -0.4 is 5.32 Å². The van der Waals surface area contributed by atoms with Gasteiger partial charge >= 0.3 is 6.03 Å². The number of benzene rings is 1. The predicted octanol–water partition coefficient (Wildman–Crippen LogP) is 3.12. The molecule has 1 heterocycles. The molecule has 1 aliphatic rings. The first-order valence-corrected chi connectivity index (χ1v) is 8.65. The number of carbonyl (C=O) groups is 1. The maximum Gasteiger partial charge on any atom is 0.317 e. The number of amides is 2. The molecule has 1 saturated heterocycles. The molecule has 1 fully saturated rings. The molecule has 1 aromatic carbocycles. The van der Waals surface area contributed by atoms with Crippen LogP contribution in [-0.4, -0.2) is 43.5 Å². The van der Waals surface area contributed by atoms with Crippen LogP contribution in [0.2, 0.25) is 0 Å². The van der Waals surface area contributed by atoms with Crippen LogP contribution in [0.3, 0.4) is 0 Å². The van der Waals surface area contributed by atoms with E-state index in [0.717, 1.165) is 25.0 Å². The van der Waals surface area contributed by atoms with Crippen molar-refractivity contribution in [2.24, 2.45) is 0 Å². The molecule has 5 heteroatoms. The monoisotopic (exact) mass is 308 g/mol. The van der Waals surface area contributed by atoms with Crippen molar-refractivity contribution in [3.8, 4) is 0 Å². The molecule has 2 amide bonds. The van der Waals surface area contributed by atoms with Crippen LogP contribution >= 0.6 is 11.8 Å². The largest absolute Gasteiger partial charge is 0.376 e. The van der Waals surface area contributed by atoms with Gasteiger partial charge in [-0.25, -0.2) is 4.79 Å². The van der Waals surface area contributed by atoms with Crippen LogP contribution in [0.4, 0.5) is 4.79 Å². The van der Waals surface area contributed by atoms with Crippen molar-refractivity contribution in [3.05, 3.63) is 29.8 Å². The molecule has 0 bridgehead atoms. The highest BCUT2D eigenvalue weighted by Gasteiger charge is 2.16. The third-order valence-corrected chi connectivity index (χ3v) is 4.38. The lowest BCUT2D eigenvalue weighted by atomic mass is 10.1. The van der Waals surface area contributed by atoms with Crippen LogP contribution in [-0.2, 0) is 11.3 Å². The van der Waals surface area contributed by atoms with Gasteiger partial charge in [-0.05, 0) is 43.2 Å². The summed E-state index contributed by atoms with van der Waals surface area (Å²) in [6, 6.07) is 8.24. The molecule has 0 aliphatic carbocycles. The zero-order valence-electron chi connectivity index (χ0n) is 12.8. The van der Waals surface area contributed by atoms with Gasteiger partial charge in [-0.1, -0.05) is 12.1 Å². The van der Waals surface area contributed by atoms with Gasteiger partial charge in [0.25, 0.3) is 0 Å². The Morgan fingerprint density at radius 2 is 2.33 bits per heavy atom. The molecule has 1 aromatic rings. The third-order valence-electron chi connectivity index (χ3n) is 3.66. The van der Waals surface area contributed by atoms with E-state index in [1.807, 2.05) is 19.2 Å². The van der Waals surface area contributed by atoms with E-state index in [1.165, 1.54) is 11.3 Å². The number of nitrogens with one attached hydrogen (secondary N) is 1. The van der Waals surface area contributed by atoms with Crippen molar-refractivity contribution in [1.82, 2.24) is 10.2 Å². The van der Waals surface area contributed by atoms with Crippen LogP contribution in [0.25, 0.3) is 0 Å². The summed E-state index contributed by atoms with van der Waals surface area (Å²) in [6.07, 6.45) is 5.60. The van der Waals surface area contributed by atoms with E-state index in [1.54, 1.807) is 16.7 Å². The van der Waals surface area contributed by atoms with E-state index in [4.69, 9.17) is 4.74 Å². The molecule has 0 aromatic heterocycles. The molecule has 0 saturated carbocycles. The molecular weight excluding hydrogens is 284 g/mol. The first-order valence-electron chi connectivity index (χ1n) is 7.42. The Hall–Kier alpha value is -1.20. The fraction of sp³-hybridized carbons (Fsp3) is 0.562. The lowest BCUT2D eigenvalue weighted by molar-refractivity contribution is 0.0178. The topological polar surface area (TPSA) is 41.6 Å². The predicted molar refractivity (Wildman–Crippen MR) is 86.7 cm³/mol. The van der Waals surface area contributed by atoms with Gasteiger partial charge in [0, 0.05) is 31.6 Å². The first kappa shape index (κ1) is 16.2. The Bertz CT molecular complexity index is 461. The number of rotatable bonds is 5. The van der Waals surface area contributed by atoms with Gasteiger partial charge in [-0.3, -0.25) is 0 Å². The van der Waals surface area contributed by atoms with E-state index in [2.05, 4.69) is 23.7 Å². The maximum atomic E-state index is 12.1. The minimum atomic E-state index is -0.0428. The Kier molecular flexibility index (Phi) is 6.39. The van der Waals surface area contributed by atoms with Crippen LogP contribution in [0.1, 0.15) is 24.8 Å². The minimum Gasteiger partial charge on any atom is -0.376 e. The maximum absolute atomic E-state index is 12.1. The second-order valence-electron chi connectivity index (χ2n) is 5.38. The highest BCUT2D eigenvalue weighted by Crippen LogP contribution is 2.17. The molecule has 0 spiro atoms. The van der Waals surface area contributed by atoms with Crippen LogP contribution in [0.15, 0.2) is 29.2 Å². The van der Waals surface area contributed by atoms with Gasteiger partial charge in [0.05, 0.1) is 6.10 Å². The van der Waals surface area contributed by atoms with Crippen LogP contribution in [0.5, 0.6) is 0 Å². The lowest BCUT2D eigenvalue weighted by Gasteiger charge is -2.24. The molecule has 2 rings (SSSR count). The second-order valence-corrected chi connectivity index (χ2v) is 6.26. The highest BCUT2D eigenvalue weighted by molar-refractivity contribution is 7.98. The fourth-order valence-corrected chi connectivity index (χ4v) is 2.90. The summed E-state index contributed by atoms with van der Waals surface area (Å²) in [4.78, 5) is 15.0. The molecule has 116 valence electrons. The van der Waals surface area contributed by atoms with Gasteiger partial charge in [0.1, 0.15) is 0 Å². The van der Waals surface area contributed by atoms with Crippen LogP contribution in [0, 0.1) is 0 Å². The molecule has 1 N–H and O–H groups in total. The number of nitrogens with zero attached hydrogens (tertiary/aromatic N) is 1. The standard InChI is InChI=1S/C16H24N2O2S/c1-18(12-13-6-5-8-15(10-13)21-2)16(19)17-11-14-7-3-4-9-20-14/h5-6,8,10,14H,3-4,7,9,11-12H2,1-2H3,(H,17,19)/t14-/m0/s1. The summed E-state index contributed by atoms with van der Waals surface area (Å²) in [5, 5.41) is 2.96. The molecular formula is C16H24N2O2S. The number of carbonyl (C=O) groups excluding carboxylic acids is 1. The molecule has 21 heavy (non-hydrogen) atoms. The van der Waals surface area contributed by atoms with Crippen molar-refractivity contribution in [1.29, 1.82) is 0 Å². The highest BCUT2D eigenvalue weighted by atomic mass is 32.2. The molecule has 1 aliphatic heterocycles. The van der Waals surface area contributed by atoms with E-state index < -0.39 is 0 Å². The number of hydrogen-bond donors (Lipinski definition) is 1. The first-order chi connectivity index (χ1) is 10.2. The third kappa shape index (κ3) is 5.25. The number of urea groups is 1. The fourth-order valence-electron chi connectivity index (χ4n) is 2.42. The average Bonchev–Trinajstić information content (AvgIpc) is 2.53. The van der Waals surface area contributed by atoms with Gasteiger partial charge in [-0.15, -0.1) is 11.8 Å². The Labute approximate surface area is 131 Å². The smallest absolute Gasteiger partial charge is 0.317 e. The quantitative estimate of drug-likeness (QED) is 0.850. The Morgan fingerprint density at radius 3 is 3.05 bits per heavy atom. The summed E-state index contributed by atoms with van der Waals surface area (Å²) >= 11 is 1.71. The molecule has 4 nitrogen and oxygen atoms in total. The van der Waals surface area contributed by atoms with Gasteiger partial charge < -0.3 is 15.0 Å². The molecule has 1 atom stereocenters. The molecule has 0 radical (unpaired) electrons. The Morgan fingerprint density at radius 1 is 1.48 bits per heavy atom. The van der Waals surface area contributed by atoms with Crippen molar-refractivity contribution in [2.45, 2.75) is 36.8 Å². The summed E-state index contributed by atoms with van der Waals surface area (Å²) in [7, 11) is 1.82.